The molecule has 0 aliphatic heterocycles. The lowest BCUT2D eigenvalue weighted by atomic mass is 9.92. The highest BCUT2D eigenvalue weighted by atomic mass is 32.2. The first-order chi connectivity index (χ1) is 29.4. The van der Waals surface area contributed by atoms with E-state index in [-0.39, 0.29) is 17.9 Å². The number of carbonyl (C=O) groups excluding carboxylic acids is 4. The summed E-state index contributed by atoms with van der Waals surface area (Å²) in [6, 6.07) is 17.6. The summed E-state index contributed by atoms with van der Waals surface area (Å²) in [5, 5.41) is 6.78. The van der Waals surface area contributed by atoms with Gasteiger partial charge in [0, 0.05) is 36.4 Å². The number of nitrogens with one attached hydrogen (secondary N) is 1. The molecule has 2 heterocycles. The van der Waals surface area contributed by atoms with E-state index in [1.54, 1.807) is 90.2 Å². The van der Waals surface area contributed by atoms with E-state index >= 15 is 0 Å². The van der Waals surface area contributed by atoms with Gasteiger partial charge in [0.05, 0.1) is 10.6 Å². The number of sulfone groups is 1. The Bertz CT molecular complexity index is 2580. The minimum atomic E-state index is -4.88. The lowest BCUT2D eigenvalue weighted by Crippen LogP contribution is -2.47. The Morgan fingerprint density at radius 2 is 1.52 bits per heavy atom. The molecule has 0 aliphatic carbocycles. The lowest BCUT2D eigenvalue weighted by Gasteiger charge is -2.25. The maximum Gasteiger partial charge on any atom is 0.424 e. The van der Waals surface area contributed by atoms with Crippen LogP contribution in [0, 0.1) is 11.7 Å². The number of hydrogen-bond acceptors (Lipinski definition) is 12. The topological polar surface area (TPSA) is 185 Å². The zero-order valence-electron chi connectivity index (χ0n) is 35.2. The summed E-state index contributed by atoms with van der Waals surface area (Å²) in [5.74, 6) is -3.65. The minimum Gasteiger partial charge on any atom is -0.482 e. The molecule has 1 N–H and O–H groups in total. The van der Waals surface area contributed by atoms with Gasteiger partial charge in [-0.1, -0.05) is 57.2 Å². The van der Waals surface area contributed by atoms with Crippen molar-refractivity contribution >= 4 is 51.1 Å². The third-order valence-corrected chi connectivity index (χ3v) is 10.3. The Balaban J connectivity index is 1.44. The van der Waals surface area contributed by atoms with Crippen molar-refractivity contribution in [3.8, 4) is 16.9 Å². The van der Waals surface area contributed by atoms with Crippen LogP contribution in [0.2, 0.25) is 0 Å². The number of carbonyl (C=O) groups is 4. The molecule has 0 bridgehead atoms. The van der Waals surface area contributed by atoms with Gasteiger partial charge in [-0.3, -0.25) is 4.79 Å². The number of rotatable bonds is 15. The van der Waals surface area contributed by atoms with Crippen molar-refractivity contribution in [1.29, 1.82) is 0 Å². The number of fused-ring (bicyclic) bond motifs is 1. The number of ether oxygens (including phenoxy) is 4. The smallest absolute Gasteiger partial charge is 0.424 e. The maximum absolute atomic E-state index is 13.9. The number of halogens is 4. The molecule has 3 aromatic carbocycles. The largest absolute Gasteiger partial charge is 0.482 e. The highest BCUT2D eigenvalue weighted by Crippen LogP contribution is 2.37. The van der Waals surface area contributed by atoms with Crippen LogP contribution in [0.15, 0.2) is 90.0 Å². The summed E-state index contributed by atoms with van der Waals surface area (Å²) < 4.78 is 100. The van der Waals surface area contributed by atoms with Gasteiger partial charge < -0.3 is 24.3 Å². The lowest BCUT2D eigenvalue weighted by molar-refractivity contribution is -0.155. The molecule has 336 valence electrons. The highest BCUT2D eigenvalue weighted by molar-refractivity contribution is 7.90. The van der Waals surface area contributed by atoms with Crippen molar-refractivity contribution in [3.63, 3.8) is 0 Å². The van der Waals surface area contributed by atoms with Crippen molar-refractivity contribution < 1.29 is 64.1 Å². The zero-order chi connectivity index (χ0) is 46.4. The Labute approximate surface area is 360 Å². The van der Waals surface area contributed by atoms with Gasteiger partial charge in [-0.2, -0.15) is 18.2 Å². The quantitative estimate of drug-likeness (QED) is 0.0606. The number of alkyl carbamates (subject to hydrolysis) is 1. The van der Waals surface area contributed by atoms with Crippen LogP contribution in [-0.4, -0.2) is 84.4 Å². The van der Waals surface area contributed by atoms with Gasteiger partial charge in [-0.25, -0.2) is 36.6 Å². The molecule has 0 aliphatic rings. The molecule has 20 heteroatoms. The van der Waals surface area contributed by atoms with Crippen molar-refractivity contribution in [1.82, 2.24) is 19.9 Å². The summed E-state index contributed by atoms with van der Waals surface area (Å²) in [6.07, 6.45) is -4.69. The van der Waals surface area contributed by atoms with E-state index in [1.165, 1.54) is 22.7 Å². The number of ketones is 1. The molecule has 2 atom stereocenters. The van der Waals surface area contributed by atoms with E-state index in [9.17, 15) is 45.2 Å². The predicted molar refractivity (Wildman–Crippen MR) is 221 cm³/mol. The SMILES string of the molecule is CC(C)[C@H](NC(=O)OC(C)(C)C)C(=O)OCOC(=O)N(c1nc2ccc(-c3ccc(CC(=O)[C@H](C)c4ccc(F)cc4)cc3)cn2n1)c1ccc(S(C)(=O)=O)cc1OCC(F)(F)F. The number of Topliss-reactive ketones (excluding diaryl/α,β-unsaturated/α-hetero) is 1. The second-order valence-corrected chi connectivity index (χ2v) is 17.8. The van der Waals surface area contributed by atoms with Crippen molar-refractivity contribution in [2.24, 2.45) is 5.92 Å². The molecule has 0 spiro atoms. The molecule has 0 fully saturated rings. The van der Waals surface area contributed by atoms with Crippen molar-refractivity contribution in [2.45, 2.75) is 76.6 Å². The monoisotopic (exact) mass is 899 g/mol. The second kappa shape index (κ2) is 19.2. The Morgan fingerprint density at radius 1 is 0.873 bits per heavy atom. The number of aromatic nitrogens is 3. The normalized spacial score (nSPS) is 13.0. The molecule has 5 rings (SSSR count). The first kappa shape index (κ1) is 47.5. The van der Waals surface area contributed by atoms with Gasteiger partial charge in [0.25, 0.3) is 5.95 Å². The summed E-state index contributed by atoms with van der Waals surface area (Å²) in [7, 11) is -4.00. The standard InChI is InChI=1S/C43H45F4N5O10S/c1-25(2)37(49-40(55)62-42(4,5)6)38(54)60-24-61-41(56)52(33-18-17-32(63(7,57)58)21-35(33)59-23-43(45,46)47)39-48-36-19-14-30(22-51(36)50-39)29-10-8-27(9-11-29)20-34(53)26(3)28-12-15-31(44)16-13-28/h8-19,21-22,25-26,37H,20,23-24H2,1-7H3,(H,49,55)/t26-,37+/m1/s1. The number of pyridine rings is 1. The van der Waals surface area contributed by atoms with Crippen LogP contribution in [-0.2, 0) is 40.1 Å². The van der Waals surface area contributed by atoms with E-state index in [4.69, 9.17) is 18.9 Å². The van der Waals surface area contributed by atoms with Gasteiger partial charge >= 0.3 is 24.3 Å². The molecule has 0 radical (unpaired) electrons. The average molecular weight is 900 g/mol. The van der Waals surface area contributed by atoms with Crippen molar-refractivity contribution in [3.05, 3.63) is 102 Å². The van der Waals surface area contributed by atoms with Crippen LogP contribution >= 0.6 is 0 Å². The molecular weight excluding hydrogens is 855 g/mol. The molecule has 2 amide bonds. The number of benzene rings is 3. The van der Waals surface area contributed by atoms with Crippen molar-refractivity contribution in [2.75, 3.05) is 24.6 Å². The number of alkyl halides is 3. The average Bonchev–Trinajstić information content (AvgIpc) is 3.61. The number of anilines is 2. The molecule has 63 heavy (non-hydrogen) atoms. The summed E-state index contributed by atoms with van der Waals surface area (Å²) in [4.78, 5) is 56.9. The molecule has 2 aromatic heterocycles. The third kappa shape index (κ3) is 13.0. The third-order valence-electron chi connectivity index (χ3n) is 9.19. The molecule has 0 saturated carbocycles. The van der Waals surface area contributed by atoms with Gasteiger partial charge in [-0.05, 0) is 79.8 Å². The van der Waals surface area contributed by atoms with Crippen LogP contribution in [0.25, 0.3) is 16.8 Å². The molecular formula is C43H45F4N5O10S. The number of amides is 2. The fourth-order valence-corrected chi connectivity index (χ4v) is 6.58. The van der Waals surface area contributed by atoms with E-state index < -0.39 is 99.1 Å². The first-order valence-corrected chi connectivity index (χ1v) is 21.2. The van der Waals surface area contributed by atoms with Gasteiger partial charge in [0.2, 0.25) is 6.79 Å². The number of esters is 1. The summed E-state index contributed by atoms with van der Waals surface area (Å²) >= 11 is 0. The fraction of sp³-hybridized carbons (Fsp3) is 0.349. The number of nitrogens with zero attached hydrogens (tertiary/aromatic N) is 4. The Hall–Kier alpha value is -6.57. The highest BCUT2D eigenvalue weighted by Gasteiger charge is 2.34. The predicted octanol–water partition coefficient (Wildman–Crippen LogP) is 8.12. The van der Waals surface area contributed by atoms with Crippen LogP contribution in [0.1, 0.15) is 58.6 Å². The second-order valence-electron chi connectivity index (χ2n) is 15.7. The van der Waals surface area contributed by atoms with Crippen LogP contribution in [0.5, 0.6) is 5.75 Å². The van der Waals surface area contributed by atoms with Gasteiger partial charge in [-0.15, -0.1) is 5.10 Å². The minimum absolute atomic E-state index is 0.0694. The summed E-state index contributed by atoms with van der Waals surface area (Å²) in [5.41, 5.74) is 1.50. The van der Waals surface area contributed by atoms with Crippen LogP contribution in [0.4, 0.5) is 38.8 Å². The Morgan fingerprint density at radius 3 is 2.13 bits per heavy atom. The van der Waals surface area contributed by atoms with E-state index in [0.29, 0.717) is 21.6 Å². The van der Waals surface area contributed by atoms with E-state index in [1.807, 2.05) is 0 Å². The van der Waals surface area contributed by atoms with E-state index in [2.05, 4.69) is 15.4 Å². The van der Waals surface area contributed by atoms with Crippen LogP contribution in [0.3, 0.4) is 0 Å². The van der Waals surface area contributed by atoms with Crippen LogP contribution < -0.4 is 15.0 Å². The molecule has 5 aromatic rings. The molecule has 15 nitrogen and oxygen atoms in total. The number of hydrogen-bond donors (Lipinski definition) is 1. The first-order valence-electron chi connectivity index (χ1n) is 19.3. The van der Waals surface area contributed by atoms with Gasteiger partial charge in [0.1, 0.15) is 29.0 Å². The Kier molecular flexibility index (Phi) is 14.5. The maximum atomic E-state index is 13.9. The molecule has 0 unspecified atom stereocenters. The fourth-order valence-electron chi connectivity index (χ4n) is 5.94. The summed E-state index contributed by atoms with van der Waals surface area (Å²) in [6.45, 7) is 6.90. The van der Waals surface area contributed by atoms with Gasteiger partial charge in [0.15, 0.2) is 22.1 Å². The zero-order valence-corrected chi connectivity index (χ0v) is 36.0. The van der Waals surface area contributed by atoms with E-state index in [0.717, 1.165) is 30.0 Å². The molecule has 0 saturated heterocycles.